The average molecular weight is 423 g/mol. The van der Waals surface area contributed by atoms with Gasteiger partial charge in [0.1, 0.15) is 0 Å². The van der Waals surface area contributed by atoms with Crippen molar-refractivity contribution in [2.45, 2.75) is 20.8 Å². The Morgan fingerprint density at radius 3 is 2.21 bits per heavy atom. The number of pyridine rings is 1. The lowest BCUT2D eigenvalue weighted by Gasteiger charge is -2.16. The molecule has 1 N–H and O–H groups in total. The minimum atomic E-state index is -0.706. The van der Waals surface area contributed by atoms with Gasteiger partial charge in [0.15, 0.2) is 23.3 Å². The first-order valence-corrected chi connectivity index (χ1v) is 9.51. The quantitative estimate of drug-likeness (QED) is 0.460. The lowest BCUT2D eigenvalue weighted by atomic mass is 10.2. The van der Waals surface area contributed by atoms with Crippen LogP contribution in [0.25, 0.3) is 0 Å². The Bertz CT molecular complexity index is 832. The van der Waals surface area contributed by atoms with Crippen molar-refractivity contribution < 1.29 is 28.5 Å². The Hall–Kier alpha value is -3.00. The van der Waals surface area contributed by atoms with E-state index in [1.165, 1.54) is 18.3 Å². The highest BCUT2D eigenvalue weighted by Crippen LogP contribution is 2.39. The molecule has 0 aliphatic rings. The number of rotatable bonds is 10. The van der Waals surface area contributed by atoms with E-state index in [2.05, 4.69) is 10.3 Å². The van der Waals surface area contributed by atoms with Gasteiger partial charge in [0, 0.05) is 6.20 Å². The van der Waals surface area contributed by atoms with Crippen LogP contribution in [0, 0.1) is 0 Å². The summed E-state index contributed by atoms with van der Waals surface area (Å²) >= 11 is 5.89. The molecule has 2 rings (SSSR count). The zero-order chi connectivity index (χ0) is 21.2. The number of carbonyl (C=O) groups is 2. The molecule has 0 spiro atoms. The van der Waals surface area contributed by atoms with Crippen molar-refractivity contribution in [3.05, 3.63) is 41.2 Å². The summed E-state index contributed by atoms with van der Waals surface area (Å²) in [5, 5.41) is 2.67. The van der Waals surface area contributed by atoms with Crippen LogP contribution in [-0.4, -0.2) is 43.3 Å². The van der Waals surface area contributed by atoms with Crippen molar-refractivity contribution in [2.24, 2.45) is 0 Å². The molecule has 1 aromatic heterocycles. The molecule has 9 heteroatoms. The summed E-state index contributed by atoms with van der Waals surface area (Å²) in [4.78, 5) is 28.3. The van der Waals surface area contributed by atoms with Gasteiger partial charge in [-0.2, -0.15) is 0 Å². The largest absolute Gasteiger partial charge is 0.490 e. The lowest BCUT2D eigenvalue weighted by molar-refractivity contribution is -0.119. The van der Waals surface area contributed by atoms with Crippen molar-refractivity contribution >= 4 is 29.2 Å². The molecule has 0 saturated heterocycles. The van der Waals surface area contributed by atoms with Crippen LogP contribution in [0.5, 0.6) is 17.2 Å². The summed E-state index contributed by atoms with van der Waals surface area (Å²) < 4.78 is 21.8. The number of carbonyl (C=O) groups excluding carboxylic acids is 2. The number of anilines is 1. The Kier molecular flexibility index (Phi) is 8.54. The van der Waals surface area contributed by atoms with Crippen LogP contribution in [0.15, 0.2) is 30.5 Å². The van der Waals surface area contributed by atoms with E-state index < -0.39 is 18.5 Å². The minimum Gasteiger partial charge on any atom is -0.490 e. The Labute approximate surface area is 174 Å². The fourth-order valence-corrected chi connectivity index (χ4v) is 2.55. The predicted molar refractivity (Wildman–Crippen MR) is 108 cm³/mol. The number of esters is 1. The van der Waals surface area contributed by atoms with Crippen LogP contribution >= 0.6 is 11.6 Å². The van der Waals surface area contributed by atoms with E-state index in [0.29, 0.717) is 42.8 Å². The van der Waals surface area contributed by atoms with E-state index in [0.717, 1.165) is 0 Å². The number of ether oxygens (including phenoxy) is 4. The maximum absolute atomic E-state index is 12.5. The van der Waals surface area contributed by atoms with Crippen LogP contribution < -0.4 is 19.5 Å². The maximum Gasteiger partial charge on any atom is 0.338 e. The maximum atomic E-state index is 12.5. The molecule has 1 amide bonds. The monoisotopic (exact) mass is 422 g/mol. The van der Waals surface area contributed by atoms with Gasteiger partial charge in [0.25, 0.3) is 5.91 Å². The molecule has 156 valence electrons. The molecule has 0 bridgehead atoms. The molecule has 0 saturated carbocycles. The summed E-state index contributed by atoms with van der Waals surface area (Å²) in [6, 6.07) is 6.20. The molecule has 0 atom stereocenters. The molecule has 0 radical (unpaired) electrons. The zero-order valence-electron chi connectivity index (χ0n) is 16.5. The second-order valence-electron chi connectivity index (χ2n) is 5.57. The molecule has 1 aromatic carbocycles. The fourth-order valence-electron chi connectivity index (χ4n) is 2.39. The first-order valence-electron chi connectivity index (χ1n) is 9.14. The Morgan fingerprint density at radius 1 is 1.03 bits per heavy atom. The molecule has 0 unspecified atom stereocenters. The van der Waals surface area contributed by atoms with Crippen LogP contribution in [-0.2, 0) is 9.53 Å². The van der Waals surface area contributed by atoms with E-state index in [-0.39, 0.29) is 10.7 Å². The highest BCUT2D eigenvalue weighted by atomic mass is 35.5. The van der Waals surface area contributed by atoms with E-state index in [9.17, 15) is 9.59 Å². The van der Waals surface area contributed by atoms with Gasteiger partial charge in [0.05, 0.1) is 31.1 Å². The smallest absolute Gasteiger partial charge is 0.338 e. The van der Waals surface area contributed by atoms with E-state index in [4.69, 9.17) is 30.5 Å². The van der Waals surface area contributed by atoms with Crippen LogP contribution in [0.1, 0.15) is 31.1 Å². The summed E-state index contributed by atoms with van der Waals surface area (Å²) in [5.74, 6) is -0.119. The van der Waals surface area contributed by atoms with Gasteiger partial charge < -0.3 is 24.3 Å². The van der Waals surface area contributed by atoms with Gasteiger partial charge in [-0.25, -0.2) is 9.78 Å². The molecule has 2 aromatic rings. The number of benzene rings is 1. The van der Waals surface area contributed by atoms with Crippen molar-refractivity contribution in [1.82, 2.24) is 4.98 Å². The van der Waals surface area contributed by atoms with Gasteiger partial charge in [-0.05, 0) is 45.0 Å². The third-order valence-electron chi connectivity index (χ3n) is 3.51. The van der Waals surface area contributed by atoms with Crippen LogP contribution in [0.4, 0.5) is 5.69 Å². The van der Waals surface area contributed by atoms with Gasteiger partial charge in [-0.1, -0.05) is 11.6 Å². The number of halogens is 1. The molecule has 0 aliphatic heterocycles. The predicted octanol–water partition coefficient (Wildman–Crippen LogP) is 3.73. The first-order chi connectivity index (χ1) is 14.0. The molecule has 29 heavy (non-hydrogen) atoms. The SMILES string of the molecule is CCOc1cc(C(=O)OCC(=O)Nc2cccnc2Cl)cc(OCC)c1OCC. The first kappa shape index (κ1) is 22.3. The van der Waals surface area contributed by atoms with Gasteiger partial charge in [0.2, 0.25) is 5.75 Å². The van der Waals surface area contributed by atoms with E-state index in [1.807, 2.05) is 20.8 Å². The standard InChI is InChI=1S/C20H23ClN2O6/c1-4-26-15-10-13(11-16(27-5-2)18(15)28-6-3)20(25)29-12-17(24)23-14-8-7-9-22-19(14)21/h7-11H,4-6,12H2,1-3H3,(H,23,24). The third kappa shape index (κ3) is 6.25. The molecular formula is C20H23ClN2O6. The summed E-state index contributed by atoms with van der Waals surface area (Å²) in [6.45, 7) is 6.12. The number of nitrogens with one attached hydrogen (secondary N) is 1. The number of amides is 1. The normalized spacial score (nSPS) is 10.2. The Morgan fingerprint density at radius 2 is 1.66 bits per heavy atom. The van der Waals surface area contributed by atoms with E-state index in [1.54, 1.807) is 12.1 Å². The van der Waals surface area contributed by atoms with Gasteiger partial charge in [-0.15, -0.1) is 0 Å². The lowest BCUT2D eigenvalue weighted by Crippen LogP contribution is -2.21. The fraction of sp³-hybridized carbons (Fsp3) is 0.350. The number of hydrogen-bond acceptors (Lipinski definition) is 7. The second-order valence-corrected chi connectivity index (χ2v) is 5.92. The van der Waals surface area contributed by atoms with Crippen molar-refractivity contribution in [3.8, 4) is 17.2 Å². The summed E-state index contributed by atoms with van der Waals surface area (Å²) in [7, 11) is 0. The Balaban J connectivity index is 2.12. The molecule has 0 aliphatic carbocycles. The molecular weight excluding hydrogens is 400 g/mol. The van der Waals surface area contributed by atoms with Gasteiger partial charge >= 0.3 is 5.97 Å². The third-order valence-corrected chi connectivity index (χ3v) is 3.81. The topological polar surface area (TPSA) is 96.0 Å². The average Bonchev–Trinajstić information content (AvgIpc) is 2.70. The summed E-state index contributed by atoms with van der Waals surface area (Å²) in [6.07, 6.45) is 1.50. The number of hydrogen-bond donors (Lipinski definition) is 1. The van der Waals surface area contributed by atoms with Crippen molar-refractivity contribution in [1.29, 1.82) is 0 Å². The highest BCUT2D eigenvalue weighted by molar-refractivity contribution is 6.32. The van der Waals surface area contributed by atoms with Crippen molar-refractivity contribution in [3.63, 3.8) is 0 Å². The molecule has 8 nitrogen and oxygen atoms in total. The van der Waals surface area contributed by atoms with Gasteiger partial charge in [-0.3, -0.25) is 4.79 Å². The number of aromatic nitrogens is 1. The molecule has 0 fully saturated rings. The molecule has 1 heterocycles. The minimum absolute atomic E-state index is 0.140. The highest BCUT2D eigenvalue weighted by Gasteiger charge is 2.20. The van der Waals surface area contributed by atoms with Crippen LogP contribution in [0.3, 0.4) is 0 Å². The zero-order valence-corrected chi connectivity index (χ0v) is 17.2. The summed E-state index contributed by atoms with van der Waals surface area (Å²) in [5.41, 5.74) is 0.501. The second kappa shape index (κ2) is 11.1. The van der Waals surface area contributed by atoms with Crippen LogP contribution in [0.2, 0.25) is 5.15 Å². The number of nitrogens with zero attached hydrogens (tertiary/aromatic N) is 1. The van der Waals surface area contributed by atoms with Crippen molar-refractivity contribution in [2.75, 3.05) is 31.7 Å². The van der Waals surface area contributed by atoms with E-state index >= 15 is 0 Å².